The lowest BCUT2D eigenvalue weighted by Gasteiger charge is -2.15. The number of benzene rings is 1. The predicted molar refractivity (Wildman–Crippen MR) is 69.7 cm³/mol. The molecule has 7 heteroatoms. The van der Waals surface area contributed by atoms with E-state index in [4.69, 9.17) is 5.11 Å². The van der Waals surface area contributed by atoms with Crippen LogP contribution in [0.15, 0.2) is 24.3 Å². The minimum Gasteiger partial charge on any atom is -0.480 e. The highest BCUT2D eigenvalue weighted by molar-refractivity contribution is 5.83. The van der Waals surface area contributed by atoms with Crippen LogP contribution in [0.3, 0.4) is 0 Å². The number of hydrogen-bond donors (Lipinski definition) is 2. The second kappa shape index (κ2) is 6.60. The molecule has 21 heavy (non-hydrogen) atoms. The maximum absolute atomic E-state index is 12.6. The van der Waals surface area contributed by atoms with E-state index in [9.17, 15) is 22.8 Å². The number of carboxylic acid groups (broad SMARTS) is 1. The summed E-state index contributed by atoms with van der Waals surface area (Å²) in [5.41, 5.74) is -0.394. The van der Waals surface area contributed by atoms with Crippen molar-refractivity contribution < 1.29 is 27.9 Å². The van der Waals surface area contributed by atoms with Crippen molar-refractivity contribution in [2.45, 2.75) is 38.4 Å². The molecule has 2 atom stereocenters. The normalized spacial score (nSPS) is 14.3. The number of halogens is 3. The number of aliphatic carboxylic acids is 1. The van der Waals surface area contributed by atoms with Gasteiger partial charge in [0.05, 0.1) is 5.56 Å². The van der Waals surface area contributed by atoms with Crippen molar-refractivity contribution in [1.82, 2.24) is 5.32 Å². The highest BCUT2D eigenvalue weighted by Crippen LogP contribution is 2.31. The first-order valence-corrected chi connectivity index (χ1v) is 6.30. The summed E-state index contributed by atoms with van der Waals surface area (Å²) >= 11 is 0. The van der Waals surface area contributed by atoms with E-state index in [1.165, 1.54) is 19.1 Å². The minimum absolute atomic E-state index is 0.0844. The van der Waals surface area contributed by atoms with E-state index in [0.29, 0.717) is 5.56 Å². The number of alkyl halides is 3. The van der Waals surface area contributed by atoms with Crippen molar-refractivity contribution in [3.63, 3.8) is 0 Å². The molecule has 0 aliphatic heterocycles. The molecule has 0 aromatic heterocycles. The molecular weight excluding hydrogens is 287 g/mol. The molecule has 1 aromatic carbocycles. The highest BCUT2D eigenvalue weighted by atomic mass is 19.4. The molecule has 2 N–H and O–H groups in total. The smallest absolute Gasteiger partial charge is 0.416 e. The zero-order chi connectivity index (χ0) is 16.2. The van der Waals surface area contributed by atoms with Gasteiger partial charge in [-0.1, -0.05) is 25.1 Å². The molecule has 0 heterocycles. The summed E-state index contributed by atoms with van der Waals surface area (Å²) in [4.78, 5) is 22.2. The maximum atomic E-state index is 12.6. The summed E-state index contributed by atoms with van der Waals surface area (Å²) in [7, 11) is 0. The van der Waals surface area contributed by atoms with Crippen LogP contribution >= 0.6 is 0 Å². The lowest BCUT2D eigenvalue weighted by atomic mass is 9.95. The summed E-state index contributed by atoms with van der Waals surface area (Å²) in [6.07, 6.45) is -4.52. The molecule has 0 saturated heterocycles. The van der Waals surface area contributed by atoms with Crippen LogP contribution < -0.4 is 5.32 Å². The van der Waals surface area contributed by atoms with E-state index in [2.05, 4.69) is 5.32 Å². The molecule has 1 amide bonds. The Bertz CT molecular complexity index is 528. The molecule has 0 spiro atoms. The number of amides is 1. The van der Waals surface area contributed by atoms with Gasteiger partial charge >= 0.3 is 12.1 Å². The van der Waals surface area contributed by atoms with Gasteiger partial charge in [-0.15, -0.1) is 0 Å². The number of nitrogens with one attached hydrogen (secondary N) is 1. The minimum atomic E-state index is -4.43. The Morgan fingerprint density at radius 3 is 2.43 bits per heavy atom. The number of hydrogen-bond acceptors (Lipinski definition) is 2. The van der Waals surface area contributed by atoms with Gasteiger partial charge < -0.3 is 10.4 Å². The monoisotopic (exact) mass is 303 g/mol. The van der Waals surface area contributed by atoms with E-state index < -0.39 is 35.6 Å². The summed E-state index contributed by atoms with van der Waals surface area (Å²) < 4.78 is 37.8. The van der Waals surface area contributed by atoms with Crippen molar-refractivity contribution in [3.05, 3.63) is 35.4 Å². The van der Waals surface area contributed by atoms with Crippen molar-refractivity contribution in [3.8, 4) is 0 Å². The first-order valence-electron chi connectivity index (χ1n) is 6.30. The summed E-state index contributed by atoms with van der Waals surface area (Å²) in [6.45, 7) is 2.93. The lowest BCUT2D eigenvalue weighted by Crippen LogP contribution is -2.38. The largest absolute Gasteiger partial charge is 0.480 e. The molecule has 0 saturated carbocycles. The van der Waals surface area contributed by atoms with Crippen LogP contribution in [0.5, 0.6) is 0 Å². The lowest BCUT2D eigenvalue weighted by molar-refractivity contribution is -0.141. The summed E-state index contributed by atoms with van der Waals surface area (Å²) in [5.74, 6) is -2.14. The van der Waals surface area contributed by atoms with Crippen molar-refractivity contribution in [2.24, 2.45) is 0 Å². The molecule has 116 valence electrons. The van der Waals surface area contributed by atoms with Gasteiger partial charge in [0.2, 0.25) is 5.91 Å². The molecule has 0 radical (unpaired) electrons. The van der Waals surface area contributed by atoms with Gasteiger partial charge in [0.1, 0.15) is 6.04 Å². The Hall–Kier alpha value is -2.05. The van der Waals surface area contributed by atoms with Crippen LogP contribution in [0.25, 0.3) is 0 Å². The molecule has 2 unspecified atom stereocenters. The summed E-state index contributed by atoms with van der Waals surface area (Å²) in [6, 6.07) is 3.72. The molecule has 4 nitrogen and oxygen atoms in total. The fourth-order valence-electron chi connectivity index (χ4n) is 1.78. The van der Waals surface area contributed by atoms with Crippen molar-refractivity contribution in [2.75, 3.05) is 0 Å². The average molecular weight is 303 g/mol. The number of carbonyl (C=O) groups is 2. The van der Waals surface area contributed by atoms with Gasteiger partial charge in [-0.3, -0.25) is 9.59 Å². The Balaban J connectivity index is 2.74. The molecule has 1 aromatic rings. The number of carbonyl (C=O) groups excluding carboxylic acids is 1. The fraction of sp³-hybridized carbons (Fsp3) is 0.429. The zero-order valence-electron chi connectivity index (χ0n) is 11.6. The zero-order valence-corrected chi connectivity index (χ0v) is 11.6. The molecular formula is C14H16F3NO3. The van der Waals surface area contributed by atoms with Gasteiger partial charge in [0.25, 0.3) is 0 Å². The molecule has 1 rings (SSSR count). The topological polar surface area (TPSA) is 66.4 Å². The number of carboxylic acids is 1. The van der Waals surface area contributed by atoms with Crippen LogP contribution in [0.4, 0.5) is 13.2 Å². The molecule has 0 aliphatic rings. The second-order valence-corrected chi connectivity index (χ2v) is 4.86. The third-order valence-electron chi connectivity index (χ3n) is 3.02. The van der Waals surface area contributed by atoms with E-state index in [1.54, 1.807) is 6.92 Å². The van der Waals surface area contributed by atoms with Gasteiger partial charge in [0.15, 0.2) is 0 Å². The van der Waals surface area contributed by atoms with Crippen molar-refractivity contribution in [1.29, 1.82) is 0 Å². The van der Waals surface area contributed by atoms with E-state index in [-0.39, 0.29) is 6.42 Å². The molecule has 0 fully saturated rings. The Kier molecular flexibility index (Phi) is 5.34. The van der Waals surface area contributed by atoms with Crippen LogP contribution in [-0.4, -0.2) is 23.0 Å². The van der Waals surface area contributed by atoms with Crippen LogP contribution in [0, 0.1) is 0 Å². The first kappa shape index (κ1) is 17.0. The van der Waals surface area contributed by atoms with Gasteiger partial charge in [-0.25, -0.2) is 0 Å². The van der Waals surface area contributed by atoms with E-state index in [1.807, 2.05) is 0 Å². The Labute approximate surface area is 120 Å². The van der Waals surface area contributed by atoms with Crippen LogP contribution in [0.1, 0.15) is 37.3 Å². The second-order valence-electron chi connectivity index (χ2n) is 4.86. The van der Waals surface area contributed by atoms with Crippen molar-refractivity contribution >= 4 is 11.9 Å². The molecule has 0 aliphatic carbocycles. The quantitative estimate of drug-likeness (QED) is 0.879. The first-order chi connectivity index (χ1) is 9.61. The van der Waals surface area contributed by atoms with E-state index in [0.717, 1.165) is 12.1 Å². The highest BCUT2D eigenvalue weighted by Gasteiger charge is 2.30. The standard InChI is InChI=1S/C14H16F3NO3/c1-8(6-12(19)18-9(2)13(20)21)10-4-3-5-11(7-10)14(15,16)17/h3-5,7-9H,6H2,1-2H3,(H,18,19)(H,20,21). The van der Waals surface area contributed by atoms with Gasteiger partial charge in [-0.05, 0) is 24.5 Å². The van der Waals surface area contributed by atoms with E-state index >= 15 is 0 Å². The summed E-state index contributed by atoms with van der Waals surface area (Å²) in [5, 5.41) is 10.9. The number of rotatable bonds is 5. The van der Waals surface area contributed by atoms with Gasteiger partial charge in [-0.2, -0.15) is 13.2 Å². The average Bonchev–Trinajstić information content (AvgIpc) is 2.37. The Morgan fingerprint density at radius 2 is 1.90 bits per heavy atom. The van der Waals surface area contributed by atoms with Crippen LogP contribution in [0.2, 0.25) is 0 Å². The van der Waals surface area contributed by atoms with Gasteiger partial charge in [0, 0.05) is 6.42 Å². The maximum Gasteiger partial charge on any atom is 0.416 e. The van der Waals surface area contributed by atoms with Crippen LogP contribution in [-0.2, 0) is 15.8 Å². The predicted octanol–water partition coefficient (Wildman–Crippen LogP) is 2.79. The fourth-order valence-corrected chi connectivity index (χ4v) is 1.78. The molecule has 0 bridgehead atoms. The third-order valence-corrected chi connectivity index (χ3v) is 3.02. The Morgan fingerprint density at radius 1 is 1.29 bits per heavy atom. The SMILES string of the molecule is CC(NC(=O)CC(C)c1cccc(C(F)(F)F)c1)C(=O)O. The third kappa shape index (κ3) is 5.09.